The first-order valence-electron chi connectivity index (χ1n) is 7.60. The first kappa shape index (κ1) is 14.6. The second-order valence-corrected chi connectivity index (χ2v) is 6.16. The summed E-state index contributed by atoms with van der Waals surface area (Å²) in [6.07, 6.45) is 2.45. The molecule has 1 aromatic heterocycles. The highest BCUT2D eigenvalue weighted by atomic mass is 35.5. The van der Waals surface area contributed by atoms with Gasteiger partial charge in [0.15, 0.2) is 0 Å². The van der Waals surface area contributed by atoms with Crippen molar-refractivity contribution in [1.82, 2.24) is 9.78 Å². The summed E-state index contributed by atoms with van der Waals surface area (Å²) in [5, 5.41) is 15.8. The molecule has 1 atom stereocenters. The van der Waals surface area contributed by atoms with Gasteiger partial charge in [0.1, 0.15) is 0 Å². The number of aromatic nitrogens is 2. The summed E-state index contributed by atoms with van der Waals surface area (Å²) in [4.78, 5) is 0. The molecule has 0 radical (unpaired) electrons. The molecule has 0 spiro atoms. The van der Waals surface area contributed by atoms with Crippen LogP contribution in [0.5, 0.6) is 0 Å². The van der Waals surface area contributed by atoms with E-state index in [4.69, 9.17) is 11.6 Å². The smallest absolute Gasteiger partial charge is 0.0848 e. The largest absolute Gasteiger partial charge is 0.388 e. The van der Waals surface area contributed by atoms with Gasteiger partial charge >= 0.3 is 0 Å². The average molecular weight is 305 g/mol. The van der Waals surface area contributed by atoms with Crippen LogP contribution in [0.25, 0.3) is 0 Å². The maximum atomic E-state index is 10.7. The summed E-state index contributed by atoms with van der Waals surface area (Å²) in [6, 6.07) is 8.22. The van der Waals surface area contributed by atoms with Crippen LogP contribution < -0.4 is 0 Å². The van der Waals surface area contributed by atoms with Crippen LogP contribution in [0, 0.1) is 6.92 Å². The van der Waals surface area contributed by atoms with Crippen LogP contribution >= 0.6 is 11.6 Å². The lowest BCUT2D eigenvalue weighted by Gasteiger charge is -2.16. The van der Waals surface area contributed by atoms with E-state index in [1.807, 2.05) is 30.7 Å². The van der Waals surface area contributed by atoms with Crippen molar-refractivity contribution in [2.75, 3.05) is 0 Å². The van der Waals surface area contributed by atoms with E-state index in [0.29, 0.717) is 17.4 Å². The molecule has 1 aliphatic rings. The van der Waals surface area contributed by atoms with Gasteiger partial charge in [0.25, 0.3) is 0 Å². The SMILES string of the molecule is CCn1nc(C)c(Cl)c1CC(O)c1ccccc1C1CC1. The van der Waals surface area contributed by atoms with Crippen LogP contribution in [0.2, 0.25) is 5.02 Å². The molecule has 0 aliphatic heterocycles. The van der Waals surface area contributed by atoms with Crippen molar-refractivity contribution in [2.45, 2.75) is 51.7 Å². The zero-order valence-corrected chi connectivity index (χ0v) is 13.3. The Hall–Kier alpha value is -1.32. The van der Waals surface area contributed by atoms with Gasteiger partial charge in [-0.1, -0.05) is 35.9 Å². The van der Waals surface area contributed by atoms with Gasteiger partial charge in [-0.05, 0) is 43.7 Å². The molecule has 1 N–H and O–H groups in total. The first-order valence-corrected chi connectivity index (χ1v) is 7.98. The van der Waals surface area contributed by atoms with Crippen molar-refractivity contribution in [3.05, 3.63) is 51.8 Å². The summed E-state index contributed by atoms with van der Waals surface area (Å²) in [5.41, 5.74) is 4.09. The highest BCUT2D eigenvalue weighted by Gasteiger charge is 2.28. The normalized spacial score (nSPS) is 16.2. The van der Waals surface area contributed by atoms with E-state index in [0.717, 1.165) is 23.5 Å². The third-order valence-corrected chi connectivity index (χ3v) is 4.70. The Morgan fingerprint density at radius 2 is 2.10 bits per heavy atom. The number of aliphatic hydroxyl groups is 1. The molecule has 0 bridgehead atoms. The number of aliphatic hydroxyl groups excluding tert-OH is 1. The van der Waals surface area contributed by atoms with E-state index in [9.17, 15) is 5.11 Å². The summed E-state index contributed by atoms with van der Waals surface area (Å²) >= 11 is 6.34. The van der Waals surface area contributed by atoms with Gasteiger partial charge in [0.05, 0.1) is 22.5 Å². The lowest BCUT2D eigenvalue weighted by molar-refractivity contribution is 0.174. The molecule has 1 heterocycles. The van der Waals surface area contributed by atoms with Crippen molar-refractivity contribution < 1.29 is 5.11 Å². The summed E-state index contributed by atoms with van der Waals surface area (Å²) < 4.78 is 1.89. The van der Waals surface area contributed by atoms with Crippen LogP contribution in [0.3, 0.4) is 0 Å². The predicted octanol–water partition coefficient (Wildman–Crippen LogP) is 4.02. The average Bonchev–Trinajstić information content (AvgIpc) is 3.30. The molecule has 1 unspecified atom stereocenters. The van der Waals surface area contributed by atoms with E-state index in [2.05, 4.69) is 17.2 Å². The molecule has 0 saturated heterocycles. The lowest BCUT2D eigenvalue weighted by atomic mass is 9.96. The first-order chi connectivity index (χ1) is 10.1. The topological polar surface area (TPSA) is 38.0 Å². The van der Waals surface area contributed by atoms with Crippen molar-refractivity contribution in [3.8, 4) is 0 Å². The zero-order valence-electron chi connectivity index (χ0n) is 12.5. The molecular weight excluding hydrogens is 284 g/mol. The van der Waals surface area contributed by atoms with Crippen LogP contribution in [0.15, 0.2) is 24.3 Å². The Balaban J connectivity index is 1.88. The fourth-order valence-corrected chi connectivity index (χ4v) is 3.15. The number of nitrogens with zero attached hydrogens (tertiary/aromatic N) is 2. The third kappa shape index (κ3) is 2.85. The fourth-order valence-electron chi connectivity index (χ4n) is 2.94. The van der Waals surface area contributed by atoms with Crippen molar-refractivity contribution in [3.63, 3.8) is 0 Å². The van der Waals surface area contributed by atoms with Gasteiger partial charge in [-0.2, -0.15) is 5.10 Å². The van der Waals surface area contributed by atoms with Crippen molar-refractivity contribution in [2.24, 2.45) is 0 Å². The van der Waals surface area contributed by atoms with Crippen LogP contribution in [0.1, 0.15) is 54.3 Å². The second-order valence-electron chi connectivity index (χ2n) is 5.78. The Bertz CT molecular complexity index is 646. The summed E-state index contributed by atoms with van der Waals surface area (Å²) in [6.45, 7) is 4.71. The molecule has 1 aliphatic carbocycles. The number of benzene rings is 1. The number of hydrogen-bond donors (Lipinski definition) is 1. The van der Waals surface area contributed by atoms with Gasteiger partial charge in [-0.15, -0.1) is 0 Å². The highest BCUT2D eigenvalue weighted by molar-refractivity contribution is 6.31. The molecule has 112 valence electrons. The van der Waals surface area contributed by atoms with Crippen molar-refractivity contribution in [1.29, 1.82) is 0 Å². The van der Waals surface area contributed by atoms with Crippen LogP contribution in [0.4, 0.5) is 0 Å². The molecule has 1 aromatic carbocycles. The van der Waals surface area contributed by atoms with Crippen LogP contribution in [-0.2, 0) is 13.0 Å². The quantitative estimate of drug-likeness (QED) is 0.906. The minimum atomic E-state index is -0.527. The van der Waals surface area contributed by atoms with Gasteiger partial charge in [0, 0.05) is 13.0 Å². The van der Waals surface area contributed by atoms with E-state index in [1.165, 1.54) is 18.4 Å². The van der Waals surface area contributed by atoms with Gasteiger partial charge in [-0.3, -0.25) is 4.68 Å². The molecule has 4 heteroatoms. The lowest BCUT2D eigenvalue weighted by Crippen LogP contribution is -2.10. The number of aryl methyl sites for hydroxylation is 2. The molecule has 2 aromatic rings. The fraction of sp³-hybridized carbons (Fsp3) is 0.471. The van der Waals surface area contributed by atoms with Gasteiger partial charge < -0.3 is 5.11 Å². The second kappa shape index (κ2) is 5.82. The predicted molar refractivity (Wildman–Crippen MR) is 84.7 cm³/mol. The summed E-state index contributed by atoms with van der Waals surface area (Å²) in [7, 11) is 0. The number of halogens is 1. The number of rotatable bonds is 5. The standard InChI is InChI=1S/C17H21ClN2O/c1-3-20-15(17(18)11(2)19-20)10-16(21)14-7-5-4-6-13(14)12-8-9-12/h4-7,12,16,21H,3,8-10H2,1-2H3. The zero-order chi connectivity index (χ0) is 15.0. The molecule has 21 heavy (non-hydrogen) atoms. The van der Waals surface area contributed by atoms with Crippen molar-refractivity contribution >= 4 is 11.6 Å². The molecular formula is C17H21ClN2O. The Labute approximate surface area is 130 Å². The van der Waals surface area contributed by atoms with Crippen LogP contribution in [-0.4, -0.2) is 14.9 Å². The Morgan fingerprint density at radius 1 is 1.38 bits per heavy atom. The molecule has 0 amide bonds. The molecule has 1 fully saturated rings. The minimum Gasteiger partial charge on any atom is -0.388 e. The molecule has 1 saturated carbocycles. The number of hydrogen-bond acceptors (Lipinski definition) is 2. The maximum Gasteiger partial charge on any atom is 0.0848 e. The Kier molecular flexibility index (Phi) is 4.05. The highest BCUT2D eigenvalue weighted by Crippen LogP contribution is 2.43. The van der Waals surface area contributed by atoms with E-state index < -0.39 is 6.10 Å². The maximum absolute atomic E-state index is 10.7. The molecule has 3 nitrogen and oxygen atoms in total. The van der Waals surface area contributed by atoms with E-state index >= 15 is 0 Å². The monoisotopic (exact) mass is 304 g/mol. The van der Waals surface area contributed by atoms with Gasteiger partial charge in [0.2, 0.25) is 0 Å². The summed E-state index contributed by atoms with van der Waals surface area (Å²) in [5.74, 6) is 0.629. The Morgan fingerprint density at radius 3 is 2.76 bits per heavy atom. The van der Waals surface area contributed by atoms with Gasteiger partial charge in [-0.25, -0.2) is 0 Å². The van der Waals surface area contributed by atoms with E-state index in [-0.39, 0.29) is 0 Å². The third-order valence-electron chi connectivity index (χ3n) is 4.21. The minimum absolute atomic E-state index is 0.511. The van der Waals surface area contributed by atoms with E-state index in [1.54, 1.807) is 0 Å². The molecule has 3 rings (SSSR count).